The fraction of sp³-hybridized carbons (Fsp3) is 0.533. The van der Waals surface area contributed by atoms with Crippen molar-refractivity contribution < 1.29 is 14.6 Å². The first-order valence-electron chi connectivity index (χ1n) is 6.72. The van der Waals surface area contributed by atoms with E-state index in [2.05, 4.69) is 11.9 Å². The highest BCUT2D eigenvalue weighted by atomic mass is 16.5. The van der Waals surface area contributed by atoms with Crippen LogP contribution in [0.2, 0.25) is 0 Å². The number of ether oxygens (including phenoxy) is 1. The summed E-state index contributed by atoms with van der Waals surface area (Å²) < 4.78 is 5.32. The third kappa shape index (κ3) is 3.26. The predicted octanol–water partition coefficient (Wildman–Crippen LogP) is 2.77. The van der Waals surface area contributed by atoms with Gasteiger partial charge in [-0.1, -0.05) is 12.8 Å². The van der Waals surface area contributed by atoms with Crippen LogP contribution in [0.5, 0.6) is 5.75 Å². The van der Waals surface area contributed by atoms with Crippen LogP contribution in [-0.4, -0.2) is 36.2 Å². The first-order chi connectivity index (χ1) is 9.11. The Kier molecular flexibility index (Phi) is 4.43. The Morgan fingerprint density at radius 1 is 1.42 bits per heavy atom. The summed E-state index contributed by atoms with van der Waals surface area (Å²) >= 11 is 0. The highest BCUT2D eigenvalue weighted by Gasteiger charge is 2.20. The van der Waals surface area contributed by atoms with E-state index in [1.807, 2.05) is 0 Å². The largest absolute Gasteiger partial charge is 0.496 e. The Hall–Kier alpha value is -1.55. The van der Waals surface area contributed by atoms with Gasteiger partial charge in [0.1, 0.15) is 5.75 Å². The van der Waals surface area contributed by atoms with Gasteiger partial charge in [0.2, 0.25) is 0 Å². The monoisotopic (exact) mass is 263 g/mol. The van der Waals surface area contributed by atoms with Crippen LogP contribution in [0.25, 0.3) is 0 Å². The molecule has 2 rings (SSSR count). The lowest BCUT2D eigenvalue weighted by molar-refractivity contribution is 0.0696. The lowest BCUT2D eigenvalue weighted by Crippen LogP contribution is -2.28. The number of hydrogen-bond acceptors (Lipinski definition) is 3. The summed E-state index contributed by atoms with van der Waals surface area (Å²) in [7, 11) is 3.72. The number of carboxylic acids is 1. The van der Waals surface area contributed by atoms with E-state index in [4.69, 9.17) is 9.84 Å². The molecule has 0 spiro atoms. The van der Waals surface area contributed by atoms with E-state index in [1.54, 1.807) is 25.3 Å². The SMILES string of the molecule is COc1ccc(C(=O)O)cc1CN(C)C1CCCC1. The van der Waals surface area contributed by atoms with Crippen LogP contribution in [0.1, 0.15) is 41.6 Å². The van der Waals surface area contributed by atoms with Crippen molar-refractivity contribution in [1.29, 1.82) is 0 Å². The Bertz CT molecular complexity index is 453. The second-order valence-electron chi connectivity index (χ2n) is 5.19. The highest BCUT2D eigenvalue weighted by Crippen LogP contribution is 2.27. The van der Waals surface area contributed by atoms with Gasteiger partial charge in [-0.15, -0.1) is 0 Å². The van der Waals surface area contributed by atoms with Gasteiger partial charge in [-0.25, -0.2) is 4.79 Å². The maximum atomic E-state index is 11.0. The summed E-state index contributed by atoms with van der Waals surface area (Å²) in [6.45, 7) is 0.731. The van der Waals surface area contributed by atoms with Gasteiger partial charge in [-0.3, -0.25) is 4.90 Å². The molecule has 0 unspecified atom stereocenters. The number of rotatable bonds is 5. The van der Waals surface area contributed by atoms with Crippen molar-refractivity contribution in [3.63, 3.8) is 0 Å². The van der Waals surface area contributed by atoms with Crippen LogP contribution < -0.4 is 4.74 Å². The molecule has 0 saturated heterocycles. The van der Waals surface area contributed by atoms with E-state index in [0.717, 1.165) is 17.9 Å². The van der Waals surface area contributed by atoms with E-state index in [0.29, 0.717) is 11.6 Å². The summed E-state index contributed by atoms with van der Waals surface area (Å²) in [5, 5.41) is 9.06. The second kappa shape index (κ2) is 6.06. The van der Waals surface area contributed by atoms with Gasteiger partial charge < -0.3 is 9.84 Å². The summed E-state index contributed by atoms with van der Waals surface area (Å²) in [5.41, 5.74) is 1.26. The summed E-state index contributed by atoms with van der Waals surface area (Å²) in [6, 6.07) is 5.65. The number of carboxylic acid groups (broad SMARTS) is 1. The fourth-order valence-corrected chi connectivity index (χ4v) is 2.78. The molecule has 0 heterocycles. The Balaban J connectivity index is 2.16. The minimum atomic E-state index is -0.896. The van der Waals surface area contributed by atoms with E-state index in [9.17, 15) is 4.79 Å². The van der Waals surface area contributed by atoms with Crippen LogP contribution in [0, 0.1) is 0 Å². The number of benzene rings is 1. The Morgan fingerprint density at radius 3 is 2.68 bits per heavy atom. The topological polar surface area (TPSA) is 49.8 Å². The van der Waals surface area contributed by atoms with Crippen molar-refractivity contribution >= 4 is 5.97 Å². The highest BCUT2D eigenvalue weighted by molar-refractivity contribution is 5.88. The normalized spacial score (nSPS) is 15.9. The summed E-state index contributed by atoms with van der Waals surface area (Å²) in [6.07, 6.45) is 5.05. The molecule has 4 heteroatoms. The molecule has 1 saturated carbocycles. The fourth-order valence-electron chi connectivity index (χ4n) is 2.78. The van der Waals surface area contributed by atoms with Gasteiger partial charge in [0, 0.05) is 18.2 Å². The molecule has 0 aromatic heterocycles. The number of nitrogens with zero attached hydrogens (tertiary/aromatic N) is 1. The van der Waals surface area contributed by atoms with Gasteiger partial charge >= 0.3 is 5.97 Å². The van der Waals surface area contributed by atoms with Crippen molar-refractivity contribution in [2.75, 3.05) is 14.2 Å². The van der Waals surface area contributed by atoms with Gasteiger partial charge in [0.05, 0.1) is 12.7 Å². The van der Waals surface area contributed by atoms with E-state index in [-0.39, 0.29) is 0 Å². The predicted molar refractivity (Wildman–Crippen MR) is 73.7 cm³/mol. The van der Waals surface area contributed by atoms with Gasteiger partial charge in [0.25, 0.3) is 0 Å². The molecule has 0 amide bonds. The number of aromatic carboxylic acids is 1. The van der Waals surface area contributed by atoms with E-state index < -0.39 is 5.97 Å². The van der Waals surface area contributed by atoms with Crippen LogP contribution >= 0.6 is 0 Å². The molecule has 1 N–H and O–H groups in total. The zero-order chi connectivity index (χ0) is 13.8. The molecule has 104 valence electrons. The van der Waals surface area contributed by atoms with E-state index in [1.165, 1.54) is 25.7 Å². The quantitative estimate of drug-likeness (QED) is 0.887. The maximum Gasteiger partial charge on any atom is 0.335 e. The smallest absolute Gasteiger partial charge is 0.335 e. The van der Waals surface area contributed by atoms with Crippen LogP contribution in [-0.2, 0) is 6.54 Å². The molecule has 1 aromatic carbocycles. The van der Waals surface area contributed by atoms with Crippen molar-refractivity contribution in [2.45, 2.75) is 38.3 Å². The van der Waals surface area contributed by atoms with Crippen molar-refractivity contribution in [3.8, 4) is 5.75 Å². The third-order valence-corrected chi connectivity index (χ3v) is 3.90. The maximum absolute atomic E-state index is 11.0. The minimum Gasteiger partial charge on any atom is -0.496 e. The van der Waals surface area contributed by atoms with Gasteiger partial charge in [-0.2, -0.15) is 0 Å². The molecule has 0 atom stereocenters. The first-order valence-corrected chi connectivity index (χ1v) is 6.72. The molecule has 0 radical (unpaired) electrons. The molecular weight excluding hydrogens is 242 g/mol. The lowest BCUT2D eigenvalue weighted by Gasteiger charge is -2.25. The third-order valence-electron chi connectivity index (χ3n) is 3.90. The molecule has 4 nitrogen and oxygen atoms in total. The Morgan fingerprint density at radius 2 is 2.11 bits per heavy atom. The number of carbonyl (C=O) groups is 1. The molecule has 1 fully saturated rings. The van der Waals surface area contributed by atoms with Crippen molar-refractivity contribution in [1.82, 2.24) is 4.90 Å². The van der Waals surface area contributed by atoms with Crippen molar-refractivity contribution in [3.05, 3.63) is 29.3 Å². The lowest BCUT2D eigenvalue weighted by atomic mass is 10.1. The minimum absolute atomic E-state index is 0.315. The zero-order valence-corrected chi connectivity index (χ0v) is 11.6. The van der Waals surface area contributed by atoms with E-state index >= 15 is 0 Å². The second-order valence-corrected chi connectivity index (χ2v) is 5.19. The molecule has 1 aromatic rings. The first kappa shape index (κ1) is 13.9. The van der Waals surface area contributed by atoms with Crippen LogP contribution in [0.3, 0.4) is 0 Å². The average molecular weight is 263 g/mol. The molecular formula is C15H21NO3. The van der Waals surface area contributed by atoms with Crippen molar-refractivity contribution in [2.24, 2.45) is 0 Å². The molecule has 0 aliphatic heterocycles. The summed E-state index contributed by atoms with van der Waals surface area (Å²) in [4.78, 5) is 13.3. The van der Waals surface area contributed by atoms with Gasteiger partial charge in [-0.05, 0) is 38.1 Å². The molecule has 19 heavy (non-hydrogen) atoms. The molecule has 1 aliphatic carbocycles. The summed E-state index contributed by atoms with van der Waals surface area (Å²) in [5.74, 6) is -0.137. The standard InChI is InChI=1S/C15H21NO3/c1-16(13-5-3-4-6-13)10-12-9-11(15(17)18)7-8-14(12)19-2/h7-9,13H,3-6,10H2,1-2H3,(H,17,18). The van der Waals surface area contributed by atoms with Crippen LogP contribution in [0.15, 0.2) is 18.2 Å². The van der Waals surface area contributed by atoms with Gasteiger partial charge in [0.15, 0.2) is 0 Å². The molecule has 0 bridgehead atoms. The Labute approximate surface area is 114 Å². The average Bonchev–Trinajstić information content (AvgIpc) is 2.92. The number of methoxy groups -OCH3 is 1. The zero-order valence-electron chi connectivity index (χ0n) is 11.6. The molecule has 1 aliphatic rings. The van der Waals surface area contributed by atoms with Crippen LogP contribution in [0.4, 0.5) is 0 Å². The number of hydrogen-bond donors (Lipinski definition) is 1.